The molecule has 3 unspecified atom stereocenters. The molecule has 0 bridgehead atoms. The molecule has 1 aliphatic heterocycles. The summed E-state index contributed by atoms with van der Waals surface area (Å²) in [5.41, 5.74) is 6.07. The molecule has 1 amide bonds. The van der Waals surface area contributed by atoms with Gasteiger partial charge in [0.05, 0.1) is 10.9 Å². The van der Waals surface area contributed by atoms with Crippen molar-refractivity contribution in [3.05, 3.63) is 16.6 Å². The summed E-state index contributed by atoms with van der Waals surface area (Å²) in [5, 5.41) is 3.19. The second-order valence-electron chi connectivity index (χ2n) is 6.80. The normalized spacial score (nSPS) is 33.9. The zero-order valence-electron chi connectivity index (χ0n) is 12.8. The second kappa shape index (κ2) is 6.05. The molecule has 2 fully saturated rings. The molecule has 0 aromatic carbocycles. The fourth-order valence-corrected chi connectivity index (χ4v) is 4.57. The summed E-state index contributed by atoms with van der Waals surface area (Å²) < 4.78 is 0. The van der Waals surface area contributed by atoms with E-state index >= 15 is 0 Å². The van der Waals surface area contributed by atoms with Crippen molar-refractivity contribution in [2.75, 3.05) is 13.1 Å². The van der Waals surface area contributed by atoms with Crippen LogP contribution in [0.25, 0.3) is 0 Å². The Hall–Kier alpha value is -0.940. The van der Waals surface area contributed by atoms with E-state index in [1.807, 2.05) is 11.6 Å². The van der Waals surface area contributed by atoms with Gasteiger partial charge in [-0.05, 0) is 32.6 Å². The molecule has 2 N–H and O–H groups in total. The van der Waals surface area contributed by atoms with Crippen LogP contribution in [-0.2, 0) is 4.79 Å². The zero-order valence-corrected chi connectivity index (χ0v) is 13.6. The predicted molar refractivity (Wildman–Crippen MR) is 85.2 cm³/mol. The van der Waals surface area contributed by atoms with E-state index in [4.69, 9.17) is 5.73 Å². The number of nitrogens with zero attached hydrogens (tertiary/aromatic N) is 2. The summed E-state index contributed by atoms with van der Waals surface area (Å²) in [4.78, 5) is 19.4. The van der Waals surface area contributed by atoms with Gasteiger partial charge in [0.25, 0.3) is 0 Å². The maximum atomic E-state index is 12.9. The van der Waals surface area contributed by atoms with Crippen molar-refractivity contribution in [2.45, 2.75) is 56.9 Å². The van der Waals surface area contributed by atoms with Crippen molar-refractivity contribution in [1.29, 1.82) is 0 Å². The Kier molecular flexibility index (Phi) is 4.31. The Morgan fingerprint density at radius 3 is 3.00 bits per heavy atom. The quantitative estimate of drug-likeness (QED) is 0.914. The van der Waals surface area contributed by atoms with Gasteiger partial charge in [-0.1, -0.05) is 12.8 Å². The van der Waals surface area contributed by atoms with Crippen LogP contribution >= 0.6 is 11.3 Å². The van der Waals surface area contributed by atoms with Crippen molar-refractivity contribution in [1.82, 2.24) is 9.88 Å². The number of hydrogen-bond donors (Lipinski definition) is 1. The number of nitrogens with two attached hydrogens (primary N) is 1. The molecule has 1 aromatic rings. The average Bonchev–Trinajstić information content (AvgIpc) is 3.00. The van der Waals surface area contributed by atoms with Crippen molar-refractivity contribution in [3.63, 3.8) is 0 Å². The topological polar surface area (TPSA) is 59.2 Å². The number of aromatic nitrogens is 1. The number of amides is 1. The molecule has 2 aliphatic rings. The summed E-state index contributed by atoms with van der Waals surface area (Å²) in [5.74, 6) is 0.692. The average molecular weight is 307 g/mol. The summed E-state index contributed by atoms with van der Waals surface area (Å²) in [6.07, 6.45) is 8.27. The molecule has 1 aliphatic carbocycles. The molecule has 5 heteroatoms. The molecule has 1 saturated heterocycles. The van der Waals surface area contributed by atoms with E-state index in [9.17, 15) is 4.79 Å². The highest BCUT2D eigenvalue weighted by atomic mass is 32.1. The van der Waals surface area contributed by atoms with Gasteiger partial charge in [0, 0.05) is 36.1 Å². The fraction of sp³-hybridized carbons (Fsp3) is 0.750. The van der Waals surface area contributed by atoms with Crippen LogP contribution in [0.3, 0.4) is 0 Å². The zero-order chi connectivity index (χ0) is 14.9. The van der Waals surface area contributed by atoms with Gasteiger partial charge in [0.1, 0.15) is 0 Å². The number of piperidine rings is 1. The first-order valence-electron chi connectivity index (χ1n) is 8.05. The van der Waals surface area contributed by atoms with E-state index < -0.39 is 0 Å². The van der Waals surface area contributed by atoms with Gasteiger partial charge in [0.15, 0.2) is 0 Å². The largest absolute Gasteiger partial charge is 0.342 e. The Morgan fingerprint density at radius 1 is 1.43 bits per heavy atom. The SMILES string of the molecule is CC1(N)CCCCC1C(=O)N1CCCC(c2nccs2)C1. The molecule has 1 saturated carbocycles. The second-order valence-corrected chi connectivity index (χ2v) is 7.72. The minimum absolute atomic E-state index is 0.00120. The summed E-state index contributed by atoms with van der Waals surface area (Å²) in [6.45, 7) is 3.75. The third-order valence-electron chi connectivity index (χ3n) is 5.09. The number of carbonyl (C=O) groups is 1. The number of thiazole rings is 1. The molecule has 21 heavy (non-hydrogen) atoms. The first-order valence-corrected chi connectivity index (χ1v) is 8.93. The van der Waals surface area contributed by atoms with Gasteiger partial charge in [-0.2, -0.15) is 0 Å². The van der Waals surface area contributed by atoms with Crippen LogP contribution in [0, 0.1) is 5.92 Å². The number of hydrogen-bond acceptors (Lipinski definition) is 4. The first kappa shape index (κ1) is 15.0. The maximum Gasteiger partial charge on any atom is 0.227 e. The van der Waals surface area contributed by atoms with Crippen LogP contribution in [0.4, 0.5) is 0 Å². The van der Waals surface area contributed by atoms with Crippen LogP contribution < -0.4 is 5.73 Å². The Balaban J connectivity index is 1.69. The first-order chi connectivity index (χ1) is 10.1. The molecular formula is C16H25N3OS. The smallest absolute Gasteiger partial charge is 0.227 e. The minimum atomic E-state index is -0.330. The lowest BCUT2D eigenvalue weighted by Gasteiger charge is -2.42. The van der Waals surface area contributed by atoms with E-state index in [0.717, 1.165) is 51.6 Å². The number of carbonyl (C=O) groups excluding carboxylic acids is 1. The summed E-state index contributed by atoms with van der Waals surface area (Å²) in [7, 11) is 0. The van der Waals surface area contributed by atoms with E-state index in [1.165, 1.54) is 5.01 Å². The highest BCUT2D eigenvalue weighted by Crippen LogP contribution is 2.35. The third-order valence-corrected chi connectivity index (χ3v) is 6.02. The Labute approximate surface area is 130 Å². The summed E-state index contributed by atoms with van der Waals surface area (Å²) in [6, 6.07) is 0. The Bertz CT molecular complexity index is 486. The van der Waals surface area contributed by atoms with Crippen LogP contribution in [-0.4, -0.2) is 34.4 Å². The molecule has 4 nitrogen and oxygen atoms in total. The van der Waals surface area contributed by atoms with E-state index in [-0.39, 0.29) is 17.4 Å². The lowest BCUT2D eigenvalue weighted by molar-refractivity contribution is -0.140. The number of rotatable bonds is 2. The van der Waals surface area contributed by atoms with Gasteiger partial charge in [-0.3, -0.25) is 4.79 Å². The minimum Gasteiger partial charge on any atom is -0.342 e. The van der Waals surface area contributed by atoms with E-state index in [1.54, 1.807) is 11.3 Å². The molecule has 0 spiro atoms. The van der Waals surface area contributed by atoms with Crippen molar-refractivity contribution in [2.24, 2.45) is 11.7 Å². The molecule has 116 valence electrons. The maximum absolute atomic E-state index is 12.9. The summed E-state index contributed by atoms with van der Waals surface area (Å²) >= 11 is 1.70. The van der Waals surface area contributed by atoms with Gasteiger partial charge in [-0.25, -0.2) is 4.98 Å². The van der Waals surface area contributed by atoms with E-state index in [2.05, 4.69) is 16.8 Å². The van der Waals surface area contributed by atoms with Gasteiger partial charge in [0.2, 0.25) is 5.91 Å². The third kappa shape index (κ3) is 3.14. The standard InChI is InChI=1S/C16H25N3OS/c1-16(17)7-3-2-6-13(16)15(20)19-9-4-5-12(11-19)14-18-8-10-21-14/h8,10,12-13H,2-7,9,11,17H2,1H3. The van der Waals surface area contributed by atoms with Crippen molar-refractivity contribution < 1.29 is 4.79 Å². The van der Waals surface area contributed by atoms with E-state index in [0.29, 0.717) is 5.92 Å². The molecule has 0 radical (unpaired) electrons. The Morgan fingerprint density at radius 2 is 2.29 bits per heavy atom. The lowest BCUT2D eigenvalue weighted by atomic mass is 9.73. The number of likely N-dealkylation sites (tertiary alicyclic amines) is 1. The van der Waals surface area contributed by atoms with Crippen LogP contribution in [0.2, 0.25) is 0 Å². The molecule has 3 rings (SSSR count). The van der Waals surface area contributed by atoms with Gasteiger partial charge < -0.3 is 10.6 Å². The van der Waals surface area contributed by atoms with Gasteiger partial charge in [-0.15, -0.1) is 11.3 Å². The lowest BCUT2D eigenvalue weighted by Crippen LogP contribution is -2.55. The van der Waals surface area contributed by atoms with Crippen LogP contribution in [0.1, 0.15) is 56.4 Å². The monoisotopic (exact) mass is 307 g/mol. The van der Waals surface area contributed by atoms with Gasteiger partial charge >= 0.3 is 0 Å². The molecule has 3 atom stereocenters. The fourth-order valence-electron chi connectivity index (χ4n) is 3.80. The van der Waals surface area contributed by atoms with Crippen LogP contribution in [0.5, 0.6) is 0 Å². The highest BCUT2D eigenvalue weighted by molar-refractivity contribution is 7.09. The molecular weight excluding hydrogens is 282 g/mol. The van der Waals surface area contributed by atoms with Crippen molar-refractivity contribution in [3.8, 4) is 0 Å². The van der Waals surface area contributed by atoms with Crippen LogP contribution in [0.15, 0.2) is 11.6 Å². The van der Waals surface area contributed by atoms with Crippen molar-refractivity contribution >= 4 is 17.2 Å². The molecule has 2 heterocycles. The highest BCUT2D eigenvalue weighted by Gasteiger charge is 2.40. The molecule has 1 aromatic heterocycles. The predicted octanol–water partition coefficient (Wildman–Crippen LogP) is 2.76.